The van der Waals surface area contributed by atoms with Crippen LogP contribution in [0.1, 0.15) is 44.1 Å². The van der Waals surface area contributed by atoms with Crippen LogP contribution in [0.3, 0.4) is 0 Å². The Labute approximate surface area is 171 Å². The van der Waals surface area contributed by atoms with Gasteiger partial charge in [-0.15, -0.1) is 11.3 Å². The van der Waals surface area contributed by atoms with Crippen LogP contribution in [-0.4, -0.2) is 34.2 Å². The van der Waals surface area contributed by atoms with E-state index >= 15 is 0 Å². The number of thiazole rings is 1. The smallest absolute Gasteiger partial charge is 0.261 e. The summed E-state index contributed by atoms with van der Waals surface area (Å²) >= 11 is 1.48. The van der Waals surface area contributed by atoms with E-state index in [0.717, 1.165) is 15.6 Å². The van der Waals surface area contributed by atoms with Crippen LogP contribution in [-0.2, 0) is 11.3 Å². The number of carbonyl (C=O) groups excluding carboxylic acids is 3. The first-order chi connectivity index (χ1) is 14.0. The molecule has 4 rings (SSSR count). The van der Waals surface area contributed by atoms with Crippen molar-refractivity contribution < 1.29 is 18.8 Å². The number of aryl methyl sites for hydroxylation is 1. The van der Waals surface area contributed by atoms with Crippen LogP contribution < -0.4 is 5.32 Å². The lowest BCUT2D eigenvalue weighted by Gasteiger charge is -2.13. The maximum atomic E-state index is 12.3. The van der Waals surface area contributed by atoms with E-state index in [0.29, 0.717) is 29.9 Å². The maximum absolute atomic E-state index is 12.3. The zero-order valence-electron chi connectivity index (χ0n) is 15.8. The lowest BCUT2D eigenvalue weighted by molar-refractivity contribution is -0.121. The first-order valence-electron chi connectivity index (χ1n) is 9.26. The van der Waals surface area contributed by atoms with Crippen LogP contribution in [0.25, 0.3) is 10.8 Å². The summed E-state index contributed by atoms with van der Waals surface area (Å²) in [6.07, 6.45) is 2.24. The fourth-order valence-electron chi connectivity index (χ4n) is 3.20. The second-order valence-corrected chi connectivity index (χ2v) is 7.78. The van der Waals surface area contributed by atoms with Crippen LogP contribution in [0.2, 0.25) is 0 Å². The van der Waals surface area contributed by atoms with E-state index in [-0.39, 0.29) is 30.7 Å². The van der Waals surface area contributed by atoms with E-state index < -0.39 is 0 Å². The number of aromatic nitrogens is 1. The fourth-order valence-corrected chi connectivity index (χ4v) is 4.18. The summed E-state index contributed by atoms with van der Waals surface area (Å²) in [5.41, 5.74) is 1.71. The molecule has 8 heteroatoms. The number of benzene rings is 1. The largest absolute Gasteiger partial charge is 0.462 e. The lowest BCUT2D eigenvalue weighted by atomic mass is 10.1. The molecule has 0 saturated carbocycles. The number of furan rings is 1. The number of rotatable bonds is 7. The fraction of sp³-hybridized carbons (Fsp3) is 0.238. The third kappa shape index (κ3) is 3.84. The first kappa shape index (κ1) is 19.1. The average molecular weight is 409 g/mol. The summed E-state index contributed by atoms with van der Waals surface area (Å²) in [4.78, 5) is 43.5. The molecule has 29 heavy (non-hydrogen) atoms. The minimum Gasteiger partial charge on any atom is -0.462 e. The molecule has 3 amide bonds. The van der Waals surface area contributed by atoms with Gasteiger partial charge in [0.1, 0.15) is 0 Å². The highest BCUT2D eigenvalue weighted by Crippen LogP contribution is 2.28. The highest BCUT2D eigenvalue weighted by Gasteiger charge is 2.34. The molecule has 0 aliphatic carbocycles. The molecule has 0 atom stereocenters. The normalized spacial score (nSPS) is 13.1. The molecule has 7 nitrogen and oxygen atoms in total. The molecule has 0 radical (unpaired) electrons. The lowest BCUT2D eigenvalue weighted by Crippen LogP contribution is -2.32. The van der Waals surface area contributed by atoms with Gasteiger partial charge in [-0.1, -0.05) is 12.1 Å². The van der Waals surface area contributed by atoms with E-state index in [2.05, 4.69) is 10.3 Å². The monoisotopic (exact) mass is 409 g/mol. The Morgan fingerprint density at radius 2 is 1.86 bits per heavy atom. The molecule has 2 aromatic heterocycles. The number of fused-ring (bicyclic) bond motifs is 1. The van der Waals surface area contributed by atoms with Crippen LogP contribution >= 0.6 is 11.3 Å². The minimum atomic E-state index is -0.295. The van der Waals surface area contributed by atoms with Crippen molar-refractivity contribution in [3.8, 4) is 10.8 Å². The highest BCUT2D eigenvalue weighted by molar-refractivity contribution is 7.15. The summed E-state index contributed by atoms with van der Waals surface area (Å²) in [6, 6.07) is 10.4. The van der Waals surface area contributed by atoms with E-state index in [1.54, 1.807) is 30.5 Å². The Hall–Kier alpha value is -3.26. The Morgan fingerprint density at radius 1 is 1.14 bits per heavy atom. The predicted molar refractivity (Wildman–Crippen MR) is 107 cm³/mol. The molecule has 1 aromatic carbocycles. The molecule has 0 saturated heterocycles. The van der Waals surface area contributed by atoms with E-state index in [9.17, 15) is 14.4 Å². The Balaban J connectivity index is 1.26. The highest BCUT2D eigenvalue weighted by atomic mass is 32.1. The van der Waals surface area contributed by atoms with Gasteiger partial charge in [0.15, 0.2) is 10.8 Å². The second-order valence-electron chi connectivity index (χ2n) is 6.69. The molecule has 0 bridgehead atoms. The van der Waals surface area contributed by atoms with E-state index in [4.69, 9.17) is 4.42 Å². The van der Waals surface area contributed by atoms with Crippen molar-refractivity contribution in [2.24, 2.45) is 0 Å². The van der Waals surface area contributed by atoms with Crippen LogP contribution in [0.4, 0.5) is 0 Å². The maximum Gasteiger partial charge on any atom is 0.261 e. The van der Waals surface area contributed by atoms with Gasteiger partial charge in [-0.2, -0.15) is 0 Å². The Morgan fingerprint density at radius 3 is 2.52 bits per heavy atom. The van der Waals surface area contributed by atoms with Gasteiger partial charge in [0, 0.05) is 17.8 Å². The molecule has 0 spiro atoms. The number of nitrogens with zero attached hydrogens (tertiary/aromatic N) is 2. The number of imide groups is 1. The zero-order chi connectivity index (χ0) is 20.4. The van der Waals surface area contributed by atoms with E-state index in [1.165, 1.54) is 16.2 Å². The average Bonchev–Trinajstić information content (AvgIpc) is 3.43. The molecule has 1 aliphatic rings. The van der Waals surface area contributed by atoms with Crippen molar-refractivity contribution in [1.82, 2.24) is 15.2 Å². The van der Waals surface area contributed by atoms with Crippen molar-refractivity contribution in [3.63, 3.8) is 0 Å². The van der Waals surface area contributed by atoms with Gasteiger partial charge in [-0.05, 0) is 37.6 Å². The van der Waals surface area contributed by atoms with Gasteiger partial charge in [-0.3, -0.25) is 19.3 Å². The van der Waals surface area contributed by atoms with Crippen molar-refractivity contribution in [2.75, 3.05) is 6.54 Å². The molecule has 3 aromatic rings. The van der Waals surface area contributed by atoms with E-state index in [1.807, 2.05) is 19.1 Å². The SMILES string of the molecule is Cc1nc(-c2ccco2)sc1CNC(=O)CCCN1C(=O)c2ccccc2C1=O. The standard InChI is InChI=1S/C21H19N3O4S/c1-13-17(29-19(23-13)16-8-5-11-28-16)12-22-18(25)9-4-10-24-20(26)14-6-2-3-7-15(14)21(24)27/h2-3,5-8,11H,4,9-10,12H2,1H3,(H,22,25). The van der Waals surface area contributed by atoms with Crippen LogP contribution in [0.15, 0.2) is 47.1 Å². The van der Waals surface area contributed by atoms with Crippen molar-refractivity contribution in [1.29, 1.82) is 0 Å². The molecule has 0 fully saturated rings. The Bertz CT molecular complexity index is 1040. The molecule has 0 unspecified atom stereocenters. The number of carbonyl (C=O) groups is 3. The molecule has 1 N–H and O–H groups in total. The third-order valence-electron chi connectivity index (χ3n) is 4.73. The zero-order valence-corrected chi connectivity index (χ0v) is 16.6. The number of amides is 3. The van der Waals surface area contributed by atoms with Gasteiger partial charge in [-0.25, -0.2) is 4.98 Å². The van der Waals surface area contributed by atoms with Crippen molar-refractivity contribution in [3.05, 3.63) is 64.4 Å². The summed E-state index contributed by atoms with van der Waals surface area (Å²) in [7, 11) is 0. The molecule has 1 aliphatic heterocycles. The van der Waals surface area contributed by atoms with Gasteiger partial charge in [0.2, 0.25) is 5.91 Å². The van der Waals surface area contributed by atoms with Crippen molar-refractivity contribution in [2.45, 2.75) is 26.3 Å². The number of nitrogens with one attached hydrogen (secondary N) is 1. The molecular formula is C21H19N3O4S. The molecule has 3 heterocycles. The summed E-state index contributed by atoms with van der Waals surface area (Å²) < 4.78 is 5.36. The summed E-state index contributed by atoms with van der Waals surface area (Å²) in [6.45, 7) is 2.50. The van der Waals surface area contributed by atoms with Crippen LogP contribution in [0, 0.1) is 6.92 Å². The van der Waals surface area contributed by atoms with Gasteiger partial charge in [0.05, 0.1) is 29.6 Å². The van der Waals surface area contributed by atoms with Gasteiger partial charge >= 0.3 is 0 Å². The quantitative estimate of drug-likeness (QED) is 0.604. The summed E-state index contributed by atoms with van der Waals surface area (Å²) in [5.74, 6) is -0.0147. The van der Waals surface area contributed by atoms with Gasteiger partial charge in [0.25, 0.3) is 11.8 Å². The number of hydrogen-bond donors (Lipinski definition) is 1. The molecule has 148 valence electrons. The second kappa shape index (κ2) is 8.00. The Kier molecular flexibility index (Phi) is 5.26. The number of hydrogen-bond acceptors (Lipinski definition) is 6. The first-order valence-corrected chi connectivity index (χ1v) is 10.1. The van der Waals surface area contributed by atoms with Crippen LogP contribution in [0.5, 0.6) is 0 Å². The predicted octanol–water partition coefficient (Wildman–Crippen LogP) is 3.40. The van der Waals surface area contributed by atoms with Gasteiger partial charge < -0.3 is 9.73 Å². The topological polar surface area (TPSA) is 92.5 Å². The third-order valence-corrected chi connectivity index (χ3v) is 5.91. The minimum absolute atomic E-state index is 0.131. The van der Waals surface area contributed by atoms with Crippen molar-refractivity contribution >= 4 is 29.1 Å². The summed E-state index contributed by atoms with van der Waals surface area (Å²) in [5, 5.41) is 3.66. The molecular weight excluding hydrogens is 390 g/mol.